The molecule has 0 radical (unpaired) electrons. The van der Waals surface area contributed by atoms with Gasteiger partial charge in [0.15, 0.2) is 0 Å². The van der Waals surface area contributed by atoms with Gasteiger partial charge in [-0.25, -0.2) is 0 Å². The Morgan fingerprint density at radius 2 is 1.11 bits per heavy atom. The molecular formula is C50H41BrN4S. The van der Waals surface area contributed by atoms with Crippen molar-refractivity contribution < 1.29 is 0 Å². The molecule has 0 aliphatic carbocycles. The van der Waals surface area contributed by atoms with E-state index in [1.807, 2.05) is 36.1 Å². The van der Waals surface area contributed by atoms with E-state index in [0.29, 0.717) is 0 Å². The van der Waals surface area contributed by atoms with Crippen molar-refractivity contribution >= 4 is 108 Å². The number of pyridine rings is 2. The Morgan fingerprint density at radius 1 is 0.554 bits per heavy atom. The molecule has 0 unspecified atom stereocenters. The van der Waals surface area contributed by atoms with E-state index in [9.17, 15) is 0 Å². The molecule has 10 rings (SSSR count). The van der Waals surface area contributed by atoms with Gasteiger partial charge in [0.1, 0.15) is 0 Å². The number of fused-ring (bicyclic) bond motifs is 8. The van der Waals surface area contributed by atoms with Crippen LogP contribution in [0.5, 0.6) is 0 Å². The van der Waals surface area contributed by atoms with E-state index in [1.54, 1.807) is 0 Å². The van der Waals surface area contributed by atoms with Crippen LogP contribution in [0, 0.1) is 0 Å². The Balaban J connectivity index is 1.35. The Kier molecular flexibility index (Phi) is 7.94. The maximum absolute atomic E-state index is 4.41. The number of anilines is 3. The van der Waals surface area contributed by atoms with E-state index in [-0.39, 0.29) is 10.8 Å². The summed E-state index contributed by atoms with van der Waals surface area (Å²) < 4.78 is 6.04. The first-order valence-electron chi connectivity index (χ1n) is 19.1. The molecule has 6 aromatic carbocycles. The first-order chi connectivity index (χ1) is 26.9. The minimum absolute atomic E-state index is 0.00785. The molecule has 56 heavy (non-hydrogen) atoms. The second-order valence-electron chi connectivity index (χ2n) is 17.0. The van der Waals surface area contributed by atoms with Crippen molar-refractivity contribution in [1.82, 2.24) is 14.5 Å². The van der Waals surface area contributed by atoms with Crippen LogP contribution in [0.2, 0.25) is 0 Å². The van der Waals surface area contributed by atoms with Gasteiger partial charge in [-0.2, -0.15) is 0 Å². The molecule has 0 fully saturated rings. The molecule has 0 amide bonds. The molecule has 274 valence electrons. The van der Waals surface area contributed by atoms with Gasteiger partial charge in [-0.05, 0) is 121 Å². The van der Waals surface area contributed by atoms with Crippen molar-refractivity contribution in [1.29, 1.82) is 0 Å². The van der Waals surface area contributed by atoms with Gasteiger partial charge in [0, 0.05) is 77.9 Å². The highest BCUT2D eigenvalue weighted by Gasteiger charge is 2.27. The molecule has 4 heterocycles. The van der Waals surface area contributed by atoms with Crippen molar-refractivity contribution in [3.8, 4) is 5.69 Å². The molecule has 0 aliphatic heterocycles. The third kappa shape index (κ3) is 5.61. The summed E-state index contributed by atoms with van der Waals surface area (Å²) >= 11 is 6.23. The molecule has 0 saturated carbocycles. The van der Waals surface area contributed by atoms with Crippen LogP contribution in [0.4, 0.5) is 17.1 Å². The lowest BCUT2D eigenvalue weighted by atomic mass is 9.85. The summed E-state index contributed by atoms with van der Waals surface area (Å²) in [6.07, 6.45) is 7.61. The standard InChI is InChI=1S/C50H41BrN4S/c1-49(2,3)34-13-17-41-39(25-34)40-26-35(50(4,5)6)14-18-42(40)55(41)48-46-38-9-7-8-10-44(38)56-45(46)27-43(47(48)51)54(36-15-11-32-28-52-21-19-30(32)23-36)37-16-12-33-29-53-22-20-31(33)24-37/h7-29H,1-6H3. The van der Waals surface area contributed by atoms with Crippen LogP contribution in [-0.2, 0) is 10.8 Å². The average Bonchev–Trinajstić information content (AvgIpc) is 3.72. The van der Waals surface area contributed by atoms with Gasteiger partial charge in [0.05, 0.1) is 26.9 Å². The van der Waals surface area contributed by atoms with Crippen molar-refractivity contribution in [2.75, 3.05) is 4.90 Å². The predicted octanol–water partition coefficient (Wildman–Crippen LogP) is 15.1. The van der Waals surface area contributed by atoms with Gasteiger partial charge < -0.3 is 9.47 Å². The summed E-state index contributed by atoms with van der Waals surface area (Å²) in [5.74, 6) is 0. The maximum Gasteiger partial charge on any atom is 0.0718 e. The highest BCUT2D eigenvalue weighted by Crippen LogP contribution is 2.51. The molecule has 0 bridgehead atoms. The number of hydrogen-bond donors (Lipinski definition) is 0. The topological polar surface area (TPSA) is 34.0 Å². The molecule has 4 aromatic heterocycles. The van der Waals surface area contributed by atoms with Gasteiger partial charge in [-0.15, -0.1) is 11.3 Å². The number of halogens is 1. The predicted molar refractivity (Wildman–Crippen MR) is 244 cm³/mol. The summed E-state index contributed by atoms with van der Waals surface area (Å²) in [7, 11) is 0. The fourth-order valence-corrected chi connectivity index (χ4v) is 10.1. The molecule has 0 spiro atoms. The SMILES string of the molecule is CC(C)(C)c1ccc2c(c1)c1cc(C(C)(C)C)ccc1n2-c1c(Br)c(N(c2ccc3cnccc3c2)c2ccc3cnccc3c2)cc2sc3ccccc3c12. The number of aromatic nitrogens is 3. The zero-order valence-electron chi connectivity index (χ0n) is 32.4. The normalized spacial score (nSPS) is 12.6. The number of benzene rings is 6. The van der Waals surface area contributed by atoms with Gasteiger partial charge in [0.2, 0.25) is 0 Å². The zero-order chi connectivity index (χ0) is 38.5. The molecule has 6 heteroatoms. The number of thiophene rings is 1. The van der Waals surface area contributed by atoms with Crippen LogP contribution in [0.15, 0.2) is 145 Å². The highest BCUT2D eigenvalue weighted by atomic mass is 79.9. The minimum Gasteiger partial charge on any atom is -0.309 e. The summed E-state index contributed by atoms with van der Waals surface area (Å²) in [5, 5.41) is 9.53. The summed E-state index contributed by atoms with van der Waals surface area (Å²) in [6.45, 7) is 13.8. The zero-order valence-corrected chi connectivity index (χ0v) is 34.8. The van der Waals surface area contributed by atoms with Gasteiger partial charge in [-0.3, -0.25) is 9.97 Å². The van der Waals surface area contributed by atoms with Crippen molar-refractivity contribution in [2.45, 2.75) is 52.4 Å². The third-order valence-electron chi connectivity index (χ3n) is 11.3. The van der Waals surface area contributed by atoms with E-state index in [1.165, 1.54) is 53.1 Å². The fourth-order valence-electron chi connectivity index (χ4n) is 8.25. The third-order valence-corrected chi connectivity index (χ3v) is 13.2. The number of rotatable bonds is 4. The van der Waals surface area contributed by atoms with Crippen molar-refractivity contribution in [3.63, 3.8) is 0 Å². The van der Waals surface area contributed by atoms with Gasteiger partial charge in [-0.1, -0.05) is 84.0 Å². The Hall–Kier alpha value is -5.56. The summed E-state index contributed by atoms with van der Waals surface area (Å²) in [5.41, 5.74) is 9.39. The monoisotopic (exact) mass is 808 g/mol. The van der Waals surface area contributed by atoms with Gasteiger partial charge >= 0.3 is 0 Å². The smallest absolute Gasteiger partial charge is 0.0718 e. The second-order valence-corrected chi connectivity index (χ2v) is 18.9. The highest BCUT2D eigenvalue weighted by molar-refractivity contribution is 9.10. The molecule has 4 nitrogen and oxygen atoms in total. The maximum atomic E-state index is 4.41. The largest absolute Gasteiger partial charge is 0.309 e. The van der Waals surface area contributed by atoms with E-state index >= 15 is 0 Å². The summed E-state index contributed by atoms with van der Waals surface area (Å²) in [4.78, 5) is 11.2. The van der Waals surface area contributed by atoms with Crippen LogP contribution >= 0.6 is 27.3 Å². The van der Waals surface area contributed by atoms with Crippen LogP contribution in [0.1, 0.15) is 52.7 Å². The van der Waals surface area contributed by atoms with Crippen LogP contribution in [0.25, 0.3) is 69.2 Å². The van der Waals surface area contributed by atoms with Crippen LogP contribution in [0.3, 0.4) is 0 Å². The van der Waals surface area contributed by atoms with Crippen molar-refractivity contribution in [3.05, 3.63) is 156 Å². The van der Waals surface area contributed by atoms with Crippen LogP contribution in [-0.4, -0.2) is 14.5 Å². The quantitative estimate of drug-likeness (QED) is 0.178. The average molecular weight is 810 g/mol. The molecule has 0 saturated heterocycles. The molecule has 0 atom stereocenters. The number of hydrogen-bond acceptors (Lipinski definition) is 4. The van der Waals surface area contributed by atoms with E-state index in [4.69, 9.17) is 0 Å². The van der Waals surface area contributed by atoms with Crippen LogP contribution < -0.4 is 4.90 Å². The second kappa shape index (κ2) is 12.7. The van der Waals surface area contributed by atoms with Gasteiger partial charge in [0.25, 0.3) is 0 Å². The molecule has 10 aromatic rings. The lowest BCUT2D eigenvalue weighted by Crippen LogP contribution is -2.12. The van der Waals surface area contributed by atoms with Crippen molar-refractivity contribution in [2.24, 2.45) is 0 Å². The summed E-state index contributed by atoms with van der Waals surface area (Å²) in [6, 6.07) is 42.9. The Morgan fingerprint density at radius 3 is 1.66 bits per heavy atom. The fraction of sp³-hybridized carbons (Fsp3) is 0.160. The van der Waals surface area contributed by atoms with E-state index in [2.05, 4.69) is 192 Å². The van der Waals surface area contributed by atoms with E-state index < -0.39 is 0 Å². The lowest BCUT2D eigenvalue weighted by molar-refractivity contribution is 0.590. The first-order valence-corrected chi connectivity index (χ1v) is 20.8. The Labute approximate surface area is 339 Å². The first kappa shape index (κ1) is 34.9. The Bertz CT molecular complexity index is 3040. The molecule has 0 aliphatic rings. The molecule has 0 N–H and O–H groups in total. The lowest BCUT2D eigenvalue weighted by Gasteiger charge is -2.29. The van der Waals surface area contributed by atoms with E-state index in [0.717, 1.165) is 48.8 Å². The molecular weight excluding hydrogens is 769 g/mol. The minimum atomic E-state index is 0.00785. The number of nitrogens with zero attached hydrogens (tertiary/aromatic N) is 4.